The topological polar surface area (TPSA) is 84.5 Å². The SMILES string of the molecule is CC(C)CCOc1cccc(NC(=O)N[C@@H]2CCS(=O)(=O)C2)c1. The molecule has 1 aromatic rings. The zero-order valence-electron chi connectivity index (χ0n) is 13.5. The van der Waals surface area contributed by atoms with E-state index < -0.39 is 15.9 Å². The molecule has 0 bridgehead atoms. The Hall–Kier alpha value is -1.76. The third-order valence-corrected chi connectivity index (χ3v) is 5.39. The van der Waals surface area contributed by atoms with Gasteiger partial charge in [0.15, 0.2) is 9.84 Å². The quantitative estimate of drug-likeness (QED) is 0.833. The fraction of sp³-hybridized carbons (Fsp3) is 0.562. The van der Waals surface area contributed by atoms with Gasteiger partial charge in [0.05, 0.1) is 18.1 Å². The van der Waals surface area contributed by atoms with Gasteiger partial charge < -0.3 is 15.4 Å². The zero-order chi connectivity index (χ0) is 16.9. The van der Waals surface area contributed by atoms with Crippen LogP contribution in [0.15, 0.2) is 24.3 Å². The predicted octanol–water partition coefficient (Wildman–Crippen LogP) is 2.42. The monoisotopic (exact) mass is 340 g/mol. The molecule has 0 spiro atoms. The van der Waals surface area contributed by atoms with E-state index in [4.69, 9.17) is 4.74 Å². The van der Waals surface area contributed by atoms with Gasteiger partial charge in [0.1, 0.15) is 5.75 Å². The second-order valence-electron chi connectivity index (χ2n) is 6.26. The summed E-state index contributed by atoms with van der Waals surface area (Å²) in [5.74, 6) is 1.42. The standard InChI is InChI=1S/C16H24N2O4S/c1-12(2)6-8-22-15-5-3-4-13(10-15)17-16(19)18-14-7-9-23(20,21)11-14/h3-5,10,12,14H,6-9,11H2,1-2H3,(H2,17,18,19)/t14-/m1/s1. The maximum atomic E-state index is 11.9. The second-order valence-corrected chi connectivity index (χ2v) is 8.49. The molecule has 1 atom stereocenters. The number of ether oxygens (including phenoxy) is 1. The molecule has 0 aliphatic carbocycles. The van der Waals surface area contributed by atoms with Gasteiger partial charge in [-0.3, -0.25) is 0 Å². The number of carbonyl (C=O) groups excluding carboxylic acids is 1. The first-order chi connectivity index (χ1) is 10.8. The molecule has 7 heteroatoms. The molecule has 0 unspecified atom stereocenters. The van der Waals surface area contributed by atoms with Crippen LogP contribution in [-0.2, 0) is 9.84 Å². The summed E-state index contributed by atoms with van der Waals surface area (Å²) in [7, 11) is -3.00. The van der Waals surface area contributed by atoms with Gasteiger partial charge >= 0.3 is 6.03 Å². The highest BCUT2D eigenvalue weighted by molar-refractivity contribution is 7.91. The lowest BCUT2D eigenvalue weighted by Crippen LogP contribution is -2.38. The largest absolute Gasteiger partial charge is 0.494 e. The number of rotatable bonds is 6. The van der Waals surface area contributed by atoms with Crippen molar-refractivity contribution in [2.45, 2.75) is 32.7 Å². The Balaban J connectivity index is 1.83. The summed E-state index contributed by atoms with van der Waals surface area (Å²) in [6.07, 6.45) is 1.43. The van der Waals surface area contributed by atoms with E-state index in [9.17, 15) is 13.2 Å². The number of urea groups is 1. The molecular weight excluding hydrogens is 316 g/mol. The molecule has 6 nitrogen and oxygen atoms in total. The Morgan fingerprint density at radius 1 is 1.39 bits per heavy atom. The molecule has 1 fully saturated rings. The van der Waals surface area contributed by atoms with E-state index in [-0.39, 0.29) is 17.5 Å². The average Bonchev–Trinajstić information content (AvgIpc) is 2.77. The predicted molar refractivity (Wildman–Crippen MR) is 90.6 cm³/mol. The van der Waals surface area contributed by atoms with Crippen LogP contribution in [0.4, 0.5) is 10.5 Å². The summed E-state index contributed by atoms with van der Waals surface area (Å²) in [4.78, 5) is 11.9. The van der Waals surface area contributed by atoms with E-state index in [1.807, 2.05) is 6.07 Å². The van der Waals surface area contributed by atoms with Crippen molar-refractivity contribution in [1.29, 1.82) is 0 Å². The number of nitrogens with one attached hydrogen (secondary N) is 2. The van der Waals surface area contributed by atoms with Crippen LogP contribution < -0.4 is 15.4 Å². The summed E-state index contributed by atoms with van der Waals surface area (Å²) >= 11 is 0. The number of anilines is 1. The molecule has 0 saturated carbocycles. The van der Waals surface area contributed by atoms with Gasteiger partial charge in [0.2, 0.25) is 0 Å². The smallest absolute Gasteiger partial charge is 0.319 e. The van der Waals surface area contributed by atoms with Crippen molar-refractivity contribution in [3.05, 3.63) is 24.3 Å². The number of sulfone groups is 1. The Labute approximate surface area is 137 Å². The van der Waals surface area contributed by atoms with Crippen molar-refractivity contribution in [3.63, 3.8) is 0 Å². The van der Waals surface area contributed by atoms with Crippen LogP contribution in [0.3, 0.4) is 0 Å². The maximum absolute atomic E-state index is 11.9. The summed E-state index contributed by atoms with van der Waals surface area (Å²) < 4.78 is 28.4. The molecule has 1 saturated heterocycles. The fourth-order valence-corrected chi connectivity index (χ4v) is 4.01. The first kappa shape index (κ1) is 17.6. The van der Waals surface area contributed by atoms with E-state index in [1.54, 1.807) is 18.2 Å². The van der Waals surface area contributed by atoms with Crippen molar-refractivity contribution >= 4 is 21.6 Å². The molecule has 1 aliphatic rings. The minimum Gasteiger partial charge on any atom is -0.494 e. The van der Waals surface area contributed by atoms with Gasteiger partial charge in [-0.1, -0.05) is 19.9 Å². The fourth-order valence-electron chi connectivity index (χ4n) is 2.34. The number of hydrogen-bond acceptors (Lipinski definition) is 4. The highest BCUT2D eigenvalue weighted by atomic mass is 32.2. The molecule has 2 rings (SSSR count). The first-order valence-corrected chi connectivity index (χ1v) is 9.67. The number of carbonyl (C=O) groups is 1. The minimum absolute atomic E-state index is 0.0127. The molecule has 1 aliphatic heterocycles. The molecule has 0 radical (unpaired) electrons. The summed E-state index contributed by atoms with van der Waals surface area (Å²) in [6.45, 7) is 4.90. The Kier molecular flexibility index (Phi) is 5.87. The summed E-state index contributed by atoms with van der Waals surface area (Å²) in [6, 6.07) is 6.45. The number of hydrogen-bond donors (Lipinski definition) is 2. The summed E-state index contributed by atoms with van der Waals surface area (Å²) in [5.41, 5.74) is 0.616. The Morgan fingerprint density at radius 2 is 2.17 bits per heavy atom. The molecule has 2 amide bonds. The number of benzene rings is 1. The number of amides is 2. The van der Waals surface area contributed by atoms with Crippen molar-refractivity contribution in [2.24, 2.45) is 5.92 Å². The van der Waals surface area contributed by atoms with Crippen molar-refractivity contribution in [3.8, 4) is 5.75 Å². The Morgan fingerprint density at radius 3 is 2.83 bits per heavy atom. The van der Waals surface area contributed by atoms with Crippen LogP contribution >= 0.6 is 0 Å². The van der Waals surface area contributed by atoms with Crippen molar-refractivity contribution in [2.75, 3.05) is 23.4 Å². The Bertz CT molecular complexity index is 643. The summed E-state index contributed by atoms with van der Waals surface area (Å²) in [5, 5.41) is 5.40. The molecule has 1 aromatic carbocycles. The van der Waals surface area contributed by atoms with Crippen LogP contribution in [0.5, 0.6) is 5.75 Å². The van der Waals surface area contributed by atoms with E-state index in [0.29, 0.717) is 30.4 Å². The molecule has 1 heterocycles. The van der Waals surface area contributed by atoms with Gasteiger partial charge in [-0.2, -0.15) is 0 Å². The normalized spacial score (nSPS) is 19.5. The lowest BCUT2D eigenvalue weighted by atomic mass is 10.1. The average molecular weight is 340 g/mol. The zero-order valence-corrected chi connectivity index (χ0v) is 14.4. The van der Waals surface area contributed by atoms with Crippen LogP contribution in [0.1, 0.15) is 26.7 Å². The minimum atomic E-state index is -3.00. The van der Waals surface area contributed by atoms with Gasteiger partial charge in [0, 0.05) is 17.8 Å². The van der Waals surface area contributed by atoms with E-state index in [2.05, 4.69) is 24.5 Å². The first-order valence-electron chi connectivity index (χ1n) is 7.85. The van der Waals surface area contributed by atoms with Crippen molar-refractivity contribution in [1.82, 2.24) is 5.32 Å². The van der Waals surface area contributed by atoms with E-state index in [0.717, 1.165) is 6.42 Å². The molecular formula is C16H24N2O4S. The van der Waals surface area contributed by atoms with Gasteiger partial charge in [-0.25, -0.2) is 13.2 Å². The third-order valence-electron chi connectivity index (χ3n) is 3.62. The van der Waals surface area contributed by atoms with Crippen LogP contribution in [0, 0.1) is 5.92 Å². The lowest BCUT2D eigenvalue weighted by Gasteiger charge is -2.13. The van der Waals surface area contributed by atoms with Crippen LogP contribution in [0.25, 0.3) is 0 Å². The molecule has 2 N–H and O–H groups in total. The molecule has 128 valence electrons. The lowest BCUT2D eigenvalue weighted by molar-refractivity contribution is 0.249. The van der Waals surface area contributed by atoms with Gasteiger partial charge in [0.25, 0.3) is 0 Å². The maximum Gasteiger partial charge on any atom is 0.319 e. The highest BCUT2D eigenvalue weighted by Crippen LogP contribution is 2.18. The third kappa shape index (κ3) is 6.09. The van der Waals surface area contributed by atoms with Crippen LogP contribution in [-0.4, -0.2) is 38.6 Å². The molecule has 23 heavy (non-hydrogen) atoms. The van der Waals surface area contributed by atoms with Gasteiger partial charge in [-0.05, 0) is 30.9 Å². The van der Waals surface area contributed by atoms with Crippen molar-refractivity contribution < 1.29 is 17.9 Å². The van der Waals surface area contributed by atoms with E-state index in [1.165, 1.54) is 0 Å². The van der Waals surface area contributed by atoms with E-state index >= 15 is 0 Å². The van der Waals surface area contributed by atoms with Crippen LogP contribution in [0.2, 0.25) is 0 Å². The highest BCUT2D eigenvalue weighted by Gasteiger charge is 2.28. The second kappa shape index (κ2) is 7.68. The van der Waals surface area contributed by atoms with Gasteiger partial charge in [-0.15, -0.1) is 0 Å². The molecule has 0 aromatic heterocycles.